The molecule has 0 unspecified atom stereocenters. The third-order valence-corrected chi connectivity index (χ3v) is 4.62. The van der Waals surface area contributed by atoms with E-state index in [0.717, 1.165) is 6.54 Å². The topological polar surface area (TPSA) is 12.0 Å². The summed E-state index contributed by atoms with van der Waals surface area (Å²) in [5, 5.41) is 3.16. The van der Waals surface area contributed by atoms with Crippen molar-refractivity contribution in [1.29, 1.82) is 0 Å². The summed E-state index contributed by atoms with van der Waals surface area (Å²) in [6.45, 7) is 8.53. The molecule has 0 rings (SSSR count). The molecule has 0 fully saturated rings. The predicted molar refractivity (Wildman–Crippen MR) is 107 cm³/mol. The molecule has 0 spiro atoms. The summed E-state index contributed by atoms with van der Waals surface area (Å²) in [5.74, 6) is 0. The summed E-state index contributed by atoms with van der Waals surface area (Å²) in [7, 11) is 0. The van der Waals surface area contributed by atoms with Crippen molar-refractivity contribution in [2.45, 2.75) is 109 Å². The van der Waals surface area contributed by atoms with E-state index >= 15 is 0 Å². The highest BCUT2D eigenvalue weighted by Crippen LogP contribution is 2.13. The van der Waals surface area contributed by atoms with Crippen LogP contribution < -0.4 is 5.32 Å². The molecule has 0 heterocycles. The summed E-state index contributed by atoms with van der Waals surface area (Å²) in [4.78, 5) is 0. The zero-order chi connectivity index (χ0) is 16.8. The van der Waals surface area contributed by atoms with Crippen molar-refractivity contribution in [3.8, 4) is 0 Å². The van der Waals surface area contributed by atoms with E-state index in [2.05, 4.69) is 18.5 Å². The van der Waals surface area contributed by atoms with Gasteiger partial charge >= 0.3 is 0 Å². The van der Waals surface area contributed by atoms with E-state index in [1.807, 2.05) is 6.08 Å². The van der Waals surface area contributed by atoms with Gasteiger partial charge in [-0.1, -0.05) is 103 Å². The lowest BCUT2D eigenvalue weighted by atomic mass is 10.0. The van der Waals surface area contributed by atoms with Crippen LogP contribution in [0.2, 0.25) is 0 Å². The van der Waals surface area contributed by atoms with Gasteiger partial charge in [-0.3, -0.25) is 0 Å². The largest absolute Gasteiger partial charge is 0.391 e. The van der Waals surface area contributed by atoms with Crippen LogP contribution in [0, 0.1) is 0 Å². The molecule has 136 valence electrons. The van der Waals surface area contributed by atoms with Crippen LogP contribution in [0.4, 0.5) is 0 Å². The molecular weight excluding hydrogens is 278 g/mol. The van der Waals surface area contributed by atoms with Gasteiger partial charge in [-0.05, 0) is 25.5 Å². The van der Waals surface area contributed by atoms with E-state index in [0.29, 0.717) is 0 Å². The number of hydrogen-bond donors (Lipinski definition) is 1. The second-order valence-electron chi connectivity index (χ2n) is 6.89. The van der Waals surface area contributed by atoms with Crippen molar-refractivity contribution in [3.05, 3.63) is 25.4 Å². The molecule has 0 radical (unpaired) electrons. The van der Waals surface area contributed by atoms with E-state index in [4.69, 9.17) is 0 Å². The van der Waals surface area contributed by atoms with Gasteiger partial charge in [0, 0.05) is 6.54 Å². The maximum absolute atomic E-state index is 3.77. The summed E-state index contributed by atoms with van der Waals surface area (Å²) in [6.07, 6.45) is 27.8. The summed E-state index contributed by atoms with van der Waals surface area (Å²) in [6, 6.07) is 0. The first kappa shape index (κ1) is 22.3. The van der Waals surface area contributed by atoms with Crippen molar-refractivity contribution < 1.29 is 0 Å². The van der Waals surface area contributed by atoms with Gasteiger partial charge in [0.05, 0.1) is 0 Å². The molecule has 23 heavy (non-hydrogen) atoms. The lowest BCUT2D eigenvalue weighted by molar-refractivity contribution is 0.527. The molecule has 0 aliphatic heterocycles. The van der Waals surface area contributed by atoms with Gasteiger partial charge in [0.1, 0.15) is 0 Å². The molecule has 0 saturated heterocycles. The Morgan fingerprint density at radius 1 is 0.478 bits per heavy atom. The fourth-order valence-electron chi connectivity index (χ4n) is 3.09. The first-order valence-electron chi connectivity index (χ1n) is 10.4. The van der Waals surface area contributed by atoms with E-state index in [-0.39, 0.29) is 0 Å². The molecular formula is C22H43N. The van der Waals surface area contributed by atoms with Crippen LogP contribution in [-0.2, 0) is 0 Å². The van der Waals surface area contributed by atoms with Crippen molar-refractivity contribution in [1.82, 2.24) is 5.32 Å². The number of unbranched alkanes of at least 4 members (excludes halogenated alkanes) is 16. The van der Waals surface area contributed by atoms with Gasteiger partial charge < -0.3 is 5.32 Å². The summed E-state index contributed by atoms with van der Waals surface area (Å²) < 4.78 is 0. The summed E-state index contributed by atoms with van der Waals surface area (Å²) in [5.41, 5.74) is 0. The lowest BCUT2D eigenvalue weighted by Gasteiger charge is -2.04. The van der Waals surface area contributed by atoms with Crippen LogP contribution in [0.25, 0.3) is 0 Å². The molecule has 0 aromatic rings. The number of rotatable bonds is 20. The Hall–Kier alpha value is -0.720. The van der Waals surface area contributed by atoms with Gasteiger partial charge in [0.15, 0.2) is 0 Å². The van der Waals surface area contributed by atoms with Crippen LogP contribution in [0.5, 0.6) is 0 Å². The van der Waals surface area contributed by atoms with Gasteiger partial charge in [-0.25, -0.2) is 0 Å². The Labute approximate surface area is 147 Å². The molecule has 0 bridgehead atoms. The monoisotopic (exact) mass is 321 g/mol. The van der Waals surface area contributed by atoms with E-state index in [1.165, 1.54) is 109 Å². The fraction of sp³-hybridized carbons (Fsp3) is 0.818. The Morgan fingerprint density at radius 2 is 0.826 bits per heavy atom. The molecule has 0 atom stereocenters. The zero-order valence-electron chi connectivity index (χ0n) is 15.8. The first-order chi connectivity index (χ1) is 11.4. The minimum Gasteiger partial charge on any atom is -0.391 e. The second-order valence-corrected chi connectivity index (χ2v) is 6.89. The fourth-order valence-corrected chi connectivity index (χ4v) is 3.09. The molecule has 0 aliphatic rings. The molecule has 0 saturated carbocycles. The Balaban J connectivity index is 2.94. The molecule has 1 nitrogen and oxygen atoms in total. The Bertz CT molecular complexity index is 210. The van der Waals surface area contributed by atoms with E-state index < -0.39 is 0 Å². The van der Waals surface area contributed by atoms with Crippen LogP contribution in [0.1, 0.15) is 109 Å². The molecule has 1 heteroatoms. The molecule has 0 aliphatic carbocycles. The predicted octanol–water partition coefficient (Wildman–Crippen LogP) is 7.54. The molecule has 1 N–H and O–H groups in total. The zero-order valence-corrected chi connectivity index (χ0v) is 15.8. The summed E-state index contributed by atoms with van der Waals surface area (Å²) >= 11 is 0. The van der Waals surface area contributed by atoms with Crippen LogP contribution in [-0.4, -0.2) is 6.54 Å². The average molecular weight is 322 g/mol. The standard InChI is InChI=1S/C22H43N/c1-3-5-6-7-8-9-10-11-12-13-14-15-16-17-18-19-20-21-22-23-4-2/h3-4,23H,1-2,5-22H2. The number of hydrogen-bond acceptors (Lipinski definition) is 1. The normalized spacial score (nSPS) is 10.6. The molecule has 0 amide bonds. The van der Waals surface area contributed by atoms with Crippen molar-refractivity contribution in [3.63, 3.8) is 0 Å². The van der Waals surface area contributed by atoms with E-state index in [1.54, 1.807) is 6.20 Å². The van der Waals surface area contributed by atoms with Crippen LogP contribution in [0.15, 0.2) is 25.4 Å². The maximum Gasteiger partial charge on any atom is 0.0141 e. The highest BCUT2D eigenvalue weighted by molar-refractivity contribution is 4.65. The Morgan fingerprint density at radius 3 is 1.17 bits per heavy atom. The minimum atomic E-state index is 1.10. The molecule has 0 aromatic carbocycles. The Kier molecular flexibility index (Phi) is 20.6. The lowest BCUT2D eigenvalue weighted by Crippen LogP contribution is -2.05. The highest BCUT2D eigenvalue weighted by Gasteiger charge is 1.94. The SMILES string of the molecule is C=CCCCCCCCCCCCCCCCCCCNC=C. The van der Waals surface area contributed by atoms with Gasteiger partial charge in [0.25, 0.3) is 0 Å². The van der Waals surface area contributed by atoms with Crippen molar-refractivity contribution in [2.24, 2.45) is 0 Å². The minimum absolute atomic E-state index is 1.10. The number of nitrogens with one attached hydrogen (secondary N) is 1. The average Bonchev–Trinajstić information content (AvgIpc) is 2.57. The van der Waals surface area contributed by atoms with Gasteiger partial charge in [-0.15, -0.1) is 6.58 Å². The van der Waals surface area contributed by atoms with Crippen LogP contribution in [0.3, 0.4) is 0 Å². The third-order valence-electron chi connectivity index (χ3n) is 4.62. The van der Waals surface area contributed by atoms with E-state index in [9.17, 15) is 0 Å². The van der Waals surface area contributed by atoms with Crippen molar-refractivity contribution in [2.75, 3.05) is 6.54 Å². The van der Waals surface area contributed by atoms with Crippen molar-refractivity contribution >= 4 is 0 Å². The third kappa shape index (κ3) is 21.3. The maximum atomic E-state index is 3.77. The smallest absolute Gasteiger partial charge is 0.0141 e. The quantitative estimate of drug-likeness (QED) is 0.180. The van der Waals surface area contributed by atoms with Crippen LogP contribution >= 0.6 is 0 Å². The second kappa shape index (κ2) is 21.3. The van der Waals surface area contributed by atoms with Gasteiger partial charge in [-0.2, -0.15) is 0 Å². The van der Waals surface area contributed by atoms with Gasteiger partial charge in [0.2, 0.25) is 0 Å². The highest BCUT2D eigenvalue weighted by atomic mass is 14.8. The number of allylic oxidation sites excluding steroid dienone is 1. The first-order valence-corrected chi connectivity index (χ1v) is 10.4. The molecule has 0 aromatic heterocycles.